The van der Waals surface area contributed by atoms with Crippen molar-refractivity contribution in [3.63, 3.8) is 0 Å². The minimum Gasteiger partial charge on any atom is -0.496 e. The summed E-state index contributed by atoms with van der Waals surface area (Å²) in [5, 5.41) is 0. The van der Waals surface area contributed by atoms with Crippen molar-refractivity contribution in [2.45, 2.75) is 18.8 Å². The number of rotatable bonds is 2. The first-order valence-electron chi connectivity index (χ1n) is 4.63. The number of hydrogen-bond donors (Lipinski definition) is 0. The van der Waals surface area contributed by atoms with Crippen LogP contribution in [0.5, 0.6) is 5.75 Å². The van der Waals surface area contributed by atoms with Crippen LogP contribution in [-0.4, -0.2) is 11.8 Å². The Morgan fingerprint density at radius 1 is 1.33 bits per heavy atom. The van der Waals surface area contributed by atoms with Gasteiger partial charge in [0.1, 0.15) is 5.75 Å². The van der Waals surface area contributed by atoms with Crippen LogP contribution in [0.4, 0.5) is 4.79 Å². The van der Waals surface area contributed by atoms with Gasteiger partial charge in [-0.1, -0.05) is 18.2 Å². The molecule has 0 radical (unpaired) electrons. The van der Waals surface area contributed by atoms with Gasteiger partial charge in [-0.15, -0.1) is 0 Å². The molecule has 1 saturated carbocycles. The molecule has 4 heteroatoms. The largest absolute Gasteiger partial charge is 0.496 e. The maximum atomic E-state index is 8.98. The molecule has 1 aromatic rings. The summed E-state index contributed by atoms with van der Waals surface area (Å²) in [7, 11) is 1.74. The first kappa shape index (κ1) is 12.3. The summed E-state index contributed by atoms with van der Waals surface area (Å²) in [5.74, 6) is 1.83. The second kappa shape index (κ2) is 5.99. The van der Waals surface area contributed by atoms with Gasteiger partial charge in [0, 0.05) is 0 Å². The molecular formula is C11H12Cl2O2. The predicted molar refractivity (Wildman–Crippen MR) is 62.1 cm³/mol. The van der Waals surface area contributed by atoms with E-state index in [9.17, 15) is 0 Å². The first-order valence-corrected chi connectivity index (χ1v) is 5.38. The zero-order valence-corrected chi connectivity index (χ0v) is 9.89. The Morgan fingerprint density at radius 3 is 2.33 bits per heavy atom. The van der Waals surface area contributed by atoms with Gasteiger partial charge < -0.3 is 4.74 Å². The SMILES string of the molecule is COc1ccccc1C1CC1.O=C(Cl)Cl. The summed E-state index contributed by atoms with van der Waals surface area (Å²) >= 11 is 8.80. The third-order valence-electron chi connectivity index (χ3n) is 2.16. The van der Waals surface area contributed by atoms with E-state index in [-0.39, 0.29) is 0 Å². The van der Waals surface area contributed by atoms with E-state index in [0.717, 1.165) is 11.7 Å². The minimum atomic E-state index is -0.889. The summed E-state index contributed by atoms with van der Waals surface area (Å²) < 4.78 is 4.36. The molecule has 1 fully saturated rings. The van der Waals surface area contributed by atoms with E-state index >= 15 is 0 Å². The van der Waals surface area contributed by atoms with E-state index in [4.69, 9.17) is 9.53 Å². The van der Waals surface area contributed by atoms with Crippen molar-refractivity contribution < 1.29 is 9.53 Å². The zero-order chi connectivity index (χ0) is 11.3. The first-order chi connectivity index (χ1) is 7.15. The monoisotopic (exact) mass is 246 g/mol. The number of benzene rings is 1. The Bertz CT molecular complexity index is 331. The van der Waals surface area contributed by atoms with E-state index in [1.807, 2.05) is 12.1 Å². The molecule has 1 aromatic carbocycles. The van der Waals surface area contributed by atoms with Crippen LogP contribution in [0.15, 0.2) is 24.3 Å². The lowest BCUT2D eigenvalue weighted by atomic mass is 10.1. The van der Waals surface area contributed by atoms with Crippen molar-refractivity contribution in [1.29, 1.82) is 0 Å². The standard InChI is InChI=1S/C10H12O.CCl2O/c1-11-10-5-3-2-4-9(10)8-6-7-8;2-1(3)4/h2-5,8H,6-7H2,1H3;. The predicted octanol–water partition coefficient (Wildman–Crippen LogP) is 4.16. The lowest BCUT2D eigenvalue weighted by molar-refractivity contribution is 0.275. The molecule has 82 valence electrons. The highest BCUT2D eigenvalue weighted by Crippen LogP contribution is 2.43. The minimum absolute atomic E-state index is 0.783. The van der Waals surface area contributed by atoms with Crippen LogP contribution in [-0.2, 0) is 0 Å². The van der Waals surface area contributed by atoms with Crippen molar-refractivity contribution in [2.24, 2.45) is 0 Å². The summed E-state index contributed by atoms with van der Waals surface area (Å²) in [6.45, 7) is 0. The van der Waals surface area contributed by atoms with Crippen LogP contribution in [0.25, 0.3) is 0 Å². The smallest absolute Gasteiger partial charge is 0.313 e. The lowest BCUT2D eigenvalue weighted by Gasteiger charge is -2.05. The van der Waals surface area contributed by atoms with Gasteiger partial charge >= 0.3 is 4.70 Å². The summed E-state index contributed by atoms with van der Waals surface area (Å²) in [5.41, 5.74) is 1.38. The number of carbonyl (C=O) groups excluding carboxylic acids is 1. The number of halogens is 2. The van der Waals surface area contributed by atoms with Crippen LogP contribution in [0.1, 0.15) is 24.3 Å². The molecule has 0 aliphatic heterocycles. The average molecular weight is 247 g/mol. The summed E-state index contributed by atoms with van der Waals surface area (Å²) in [6, 6.07) is 8.30. The van der Waals surface area contributed by atoms with Crippen molar-refractivity contribution in [2.75, 3.05) is 7.11 Å². The quantitative estimate of drug-likeness (QED) is 0.733. The van der Waals surface area contributed by atoms with Gasteiger partial charge in [0.2, 0.25) is 0 Å². The number of carbonyl (C=O) groups is 1. The molecule has 0 N–H and O–H groups in total. The van der Waals surface area contributed by atoms with E-state index in [1.54, 1.807) is 7.11 Å². The Hall–Kier alpha value is -0.730. The van der Waals surface area contributed by atoms with Crippen molar-refractivity contribution >= 4 is 27.9 Å². The molecule has 0 amide bonds. The van der Waals surface area contributed by atoms with Gasteiger partial charge in [-0.05, 0) is 53.6 Å². The second-order valence-electron chi connectivity index (χ2n) is 3.24. The summed E-state index contributed by atoms with van der Waals surface area (Å²) in [6.07, 6.45) is 2.67. The Balaban J connectivity index is 0.000000245. The van der Waals surface area contributed by atoms with Crippen LogP contribution in [0.2, 0.25) is 0 Å². The number of methoxy groups -OCH3 is 1. The van der Waals surface area contributed by atoms with Gasteiger partial charge in [0.25, 0.3) is 0 Å². The second-order valence-corrected chi connectivity index (χ2v) is 4.12. The maximum Gasteiger partial charge on any atom is 0.313 e. The molecule has 0 unspecified atom stereocenters. The molecular weight excluding hydrogens is 235 g/mol. The Kier molecular flexibility index (Phi) is 4.92. The third kappa shape index (κ3) is 4.54. The van der Waals surface area contributed by atoms with Crippen molar-refractivity contribution in [1.82, 2.24) is 0 Å². The maximum absolute atomic E-state index is 8.98. The van der Waals surface area contributed by atoms with Crippen LogP contribution in [0, 0.1) is 0 Å². The third-order valence-corrected chi connectivity index (χ3v) is 2.16. The molecule has 2 nitrogen and oxygen atoms in total. The van der Waals surface area contributed by atoms with Crippen LogP contribution < -0.4 is 4.74 Å². The average Bonchev–Trinajstić information content (AvgIpc) is 3.00. The van der Waals surface area contributed by atoms with Crippen molar-refractivity contribution in [3.8, 4) is 5.75 Å². The molecule has 0 heterocycles. The Morgan fingerprint density at radius 2 is 1.87 bits per heavy atom. The highest BCUT2D eigenvalue weighted by Gasteiger charge is 2.25. The Labute approximate surface area is 99.1 Å². The van der Waals surface area contributed by atoms with Crippen LogP contribution in [0.3, 0.4) is 0 Å². The van der Waals surface area contributed by atoms with Gasteiger partial charge in [-0.2, -0.15) is 0 Å². The van der Waals surface area contributed by atoms with Gasteiger partial charge in [0.05, 0.1) is 7.11 Å². The fraction of sp³-hybridized carbons (Fsp3) is 0.364. The molecule has 0 bridgehead atoms. The zero-order valence-electron chi connectivity index (χ0n) is 8.37. The molecule has 0 saturated heterocycles. The molecule has 1 aliphatic rings. The highest BCUT2D eigenvalue weighted by molar-refractivity contribution is 6.93. The lowest BCUT2D eigenvalue weighted by Crippen LogP contribution is -1.88. The van der Waals surface area contributed by atoms with Gasteiger partial charge in [-0.3, -0.25) is 4.79 Å². The molecule has 0 spiro atoms. The van der Waals surface area contributed by atoms with Crippen molar-refractivity contribution in [3.05, 3.63) is 29.8 Å². The van der Waals surface area contributed by atoms with E-state index in [1.165, 1.54) is 18.4 Å². The fourth-order valence-corrected chi connectivity index (χ4v) is 1.40. The highest BCUT2D eigenvalue weighted by atomic mass is 35.5. The van der Waals surface area contributed by atoms with E-state index < -0.39 is 4.70 Å². The number of para-hydroxylation sites is 1. The summed E-state index contributed by atoms with van der Waals surface area (Å²) in [4.78, 5) is 8.98. The normalized spacial score (nSPS) is 13.8. The van der Waals surface area contributed by atoms with Crippen LogP contribution >= 0.6 is 23.2 Å². The fourth-order valence-electron chi connectivity index (χ4n) is 1.40. The molecule has 1 aliphatic carbocycles. The number of hydrogen-bond acceptors (Lipinski definition) is 2. The number of ether oxygens (including phenoxy) is 1. The molecule has 2 rings (SSSR count). The molecule has 0 atom stereocenters. The van der Waals surface area contributed by atoms with E-state index in [2.05, 4.69) is 35.3 Å². The molecule has 0 aromatic heterocycles. The van der Waals surface area contributed by atoms with E-state index in [0.29, 0.717) is 0 Å². The van der Waals surface area contributed by atoms with Gasteiger partial charge in [0.15, 0.2) is 0 Å². The molecule has 15 heavy (non-hydrogen) atoms. The van der Waals surface area contributed by atoms with Gasteiger partial charge in [-0.25, -0.2) is 0 Å². The topological polar surface area (TPSA) is 26.3 Å².